The van der Waals surface area contributed by atoms with Crippen molar-refractivity contribution in [3.8, 4) is 11.5 Å². The van der Waals surface area contributed by atoms with Crippen LogP contribution in [0.25, 0.3) is 0 Å². The lowest BCUT2D eigenvalue weighted by atomic mass is 9.76. The van der Waals surface area contributed by atoms with Gasteiger partial charge in [0.15, 0.2) is 5.54 Å². The van der Waals surface area contributed by atoms with Gasteiger partial charge in [-0.05, 0) is 42.0 Å². The number of carbonyl (C=O) groups excluding carboxylic acids is 2. The number of methoxy groups -OCH3 is 2. The van der Waals surface area contributed by atoms with E-state index >= 15 is 0 Å². The Morgan fingerprint density at radius 1 is 1.00 bits per heavy atom. The summed E-state index contributed by atoms with van der Waals surface area (Å²) in [7, 11) is 3.12. The molecule has 2 aromatic carbocycles. The zero-order valence-electron chi connectivity index (χ0n) is 16.7. The molecule has 0 spiro atoms. The Balaban J connectivity index is 1.77. The van der Waals surface area contributed by atoms with Crippen LogP contribution in [0.2, 0.25) is 0 Å². The maximum atomic E-state index is 13.6. The Morgan fingerprint density at radius 2 is 1.67 bits per heavy atom. The van der Waals surface area contributed by atoms with Crippen LogP contribution in [0, 0.1) is 0 Å². The molecule has 1 fully saturated rings. The van der Waals surface area contributed by atoms with Gasteiger partial charge in [0.2, 0.25) is 5.91 Å². The predicted molar refractivity (Wildman–Crippen MR) is 113 cm³/mol. The summed E-state index contributed by atoms with van der Waals surface area (Å²) in [5.74, 6) is 0.759. The van der Waals surface area contributed by atoms with E-state index in [2.05, 4.69) is 10.3 Å². The number of ether oxygens (including phenoxy) is 2. The average molecular weight is 403 g/mol. The van der Waals surface area contributed by atoms with Crippen molar-refractivity contribution in [2.75, 3.05) is 24.4 Å². The first-order valence-electron chi connectivity index (χ1n) is 9.41. The second-order valence-corrected chi connectivity index (χ2v) is 6.89. The van der Waals surface area contributed by atoms with Crippen LogP contribution < -0.4 is 19.7 Å². The molecule has 1 saturated heterocycles. The van der Waals surface area contributed by atoms with Gasteiger partial charge >= 0.3 is 0 Å². The van der Waals surface area contributed by atoms with Gasteiger partial charge in [0, 0.05) is 35.9 Å². The van der Waals surface area contributed by atoms with Crippen LogP contribution in [0.4, 0.5) is 11.4 Å². The molecule has 2 heterocycles. The number of hydrogen-bond donors (Lipinski definition) is 1. The highest BCUT2D eigenvalue weighted by atomic mass is 16.5. The molecule has 0 saturated carbocycles. The highest BCUT2D eigenvalue weighted by Gasteiger charge is 2.58. The Labute approximate surface area is 174 Å². The van der Waals surface area contributed by atoms with Crippen molar-refractivity contribution in [2.45, 2.75) is 12.0 Å². The van der Waals surface area contributed by atoms with Crippen LogP contribution >= 0.6 is 0 Å². The van der Waals surface area contributed by atoms with E-state index in [1.165, 1.54) is 4.90 Å². The van der Waals surface area contributed by atoms with Crippen molar-refractivity contribution < 1.29 is 19.1 Å². The van der Waals surface area contributed by atoms with E-state index in [0.717, 1.165) is 0 Å². The molecule has 4 rings (SSSR count). The zero-order chi connectivity index (χ0) is 21.1. The first-order valence-corrected chi connectivity index (χ1v) is 9.41. The fourth-order valence-electron chi connectivity index (χ4n) is 3.72. The van der Waals surface area contributed by atoms with Crippen LogP contribution in [0.5, 0.6) is 11.5 Å². The number of amides is 2. The van der Waals surface area contributed by atoms with E-state index in [9.17, 15) is 9.59 Å². The lowest BCUT2D eigenvalue weighted by molar-refractivity contribution is -0.137. The molecule has 1 N–H and O–H groups in total. The largest absolute Gasteiger partial charge is 0.497 e. The molecule has 1 aliphatic heterocycles. The summed E-state index contributed by atoms with van der Waals surface area (Å²) in [6, 6.07) is 17.7. The monoisotopic (exact) mass is 403 g/mol. The van der Waals surface area contributed by atoms with Gasteiger partial charge in [-0.2, -0.15) is 0 Å². The smallest absolute Gasteiger partial charge is 0.255 e. The minimum atomic E-state index is -1.20. The van der Waals surface area contributed by atoms with E-state index < -0.39 is 5.54 Å². The molecule has 3 aromatic rings. The third-order valence-electron chi connectivity index (χ3n) is 5.21. The lowest BCUT2D eigenvalue weighted by Crippen LogP contribution is -2.67. The highest BCUT2D eigenvalue weighted by molar-refractivity contribution is 6.17. The van der Waals surface area contributed by atoms with Crippen LogP contribution in [0.15, 0.2) is 73.1 Å². The standard InChI is InChI=1S/C23H21N3O4/c1-29-19-7-3-5-17(13-19)25-22(28)23(16-9-11-24-12-10-16)15-21(27)26(23)18-6-4-8-20(14-18)30-2/h3-14H,15H2,1-2H3,(H,25,28). The van der Waals surface area contributed by atoms with Crippen molar-refractivity contribution in [1.82, 2.24) is 4.98 Å². The summed E-state index contributed by atoms with van der Waals surface area (Å²) in [4.78, 5) is 31.9. The predicted octanol–water partition coefficient (Wildman–Crippen LogP) is 3.37. The number of hydrogen-bond acceptors (Lipinski definition) is 5. The third-order valence-corrected chi connectivity index (χ3v) is 5.21. The molecule has 1 atom stereocenters. The van der Waals surface area contributed by atoms with Crippen molar-refractivity contribution in [3.05, 3.63) is 78.6 Å². The number of nitrogens with zero attached hydrogens (tertiary/aromatic N) is 2. The first kappa shape index (κ1) is 19.4. The van der Waals surface area contributed by atoms with Crippen molar-refractivity contribution >= 4 is 23.2 Å². The van der Waals surface area contributed by atoms with Crippen molar-refractivity contribution in [3.63, 3.8) is 0 Å². The topological polar surface area (TPSA) is 80.8 Å². The molecule has 0 aliphatic carbocycles. The Bertz CT molecular complexity index is 1090. The molecular formula is C23H21N3O4. The molecule has 7 heteroatoms. The number of nitrogens with one attached hydrogen (secondary N) is 1. The Kier molecular flexibility index (Phi) is 5.10. The highest BCUT2D eigenvalue weighted by Crippen LogP contribution is 2.46. The molecular weight excluding hydrogens is 382 g/mol. The third kappa shape index (κ3) is 3.24. The first-order chi connectivity index (χ1) is 14.6. The van der Waals surface area contributed by atoms with Gasteiger partial charge in [-0.15, -0.1) is 0 Å². The van der Waals surface area contributed by atoms with Gasteiger partial charge < -0.3 is 14.8 Å². The number of anilines is 2. The molecule has 0 radical (unpaired) electrons. The summed E-state index contributed by atoms with van der Waals surface area (Å²) in [6.07, 6.45) is 3.27. The van der Waals surface area contributed by atoms with E-state index in [0.29, 0.717) is 28.4 Å². The summed E-state index contributed by atoms with van der Waals surface area (Å²) < 4.78 is 10.5. The molecule has 152 valence electrons. The molecule has 1 unspecified atom stereocenters. The molecule has 30 heavy (non-hydrogen) atoms. The minimum absolute atomic E-state index is 0.0457. The Hall–Kier alpha value is -3.87. The molecule has 1 aromatic heterocycles. The Morgan fingerprint density at radius 3 is 2.33 bits per heavy atom. The molecule has 7 nitrogen and oxygen atoms in total. The number of benzene rings is 2. The van der Waals surface area contributed by atoms with E-state index in [4.69, 9.17) is 9.47 Å². The van der Waals surface area contributed by atoms with E-state index in [1.54, 1.807) is 87.3 Å². The number of carbonyl (C=O) groups is 2. The average Bonchev–Trinajstić information content (AvgIpc) is 2.78. The summed E-state index contributed by atoms with van der Waals surface area (Å²) >= 11 is 0. The van der Waals surface area contributed by atoms with Crippen molar-refractivity contribution in [1.29, 1.82) is 0 Å². The fraction of sp³-hybridized carbons (Fsp3) is 0.174. The molecule has 1 aliphatic rings. The lowest BCUT2D eigenvalue weighted by Gasteiger charge is -2.50. The summed E-state index contributed by atoms with van der Waals surface area (Å²) in [5.41, 5.74) is 0.649. The maximum Gasteiger partial charge on any atom is 0.255 e. The maximum absolute atomic E-state index is 13.6. The van der Waals surface area contributed by atoms with Gasteiger partial charge in [-0.25, -0.2) is 0 Å². The van der Waals surface area contributed by atoms with Crippen LogP contribution in [0.3, 0.4) is 0 Å². The number of β-lactam (4-membered cyclic amide) rings is 1. The summed E-state index contributed by atoms with van der Waals surface area (Å²) in [5, 5.41) is 2.94. The minimum Gasteiger partial charge on any atom is -0.497 e. The van der Waals surface area contributed by atoms with E-state index in [1.807, 2.05) is 0 Å². The van der Waals surface area contributed by atoms with Gasteiger partial charge in [-0.1, -0.05) is 12.1 Å². The second-order valence-electron chi connectivity index (χ2n) is 6.89. The van der Waals surface area contributed by atoms with Crippen LogP contribution in [-0.2, 0) is 15.1 Å². The van der Waals surface area contributed by atoms with Crippen molar-refractivity contribution in [2.24, 2.45) is 0 Å². The van der Waals surface area contributed by atoms with Gasteiger partial charge in [0.05, 0.1) is 20.6 Å². The fourth-order valence-corrected chi connectivity index (χ4v) is 3.72. The normalized spacial score (nSPS) is 17.8. The molecule has 0 bridgehead atoms. The van der Waals surface area contributed by atoms with Gasteiger partial charge in [-0.3, -0.25) is 19.5 Å². The number of aromatic nitrogens is 1. The van der Waals surface area contributed by atoms with Crippen LogP contribution in [0.1, 0.15) is 12.0 Å². The summed E-state index contributed by atoms with van der Waals surface area (Å²) in [6.45, 7) is 0. The SMILES string of the molecule is COc1cccc(NC(=O)C2(c3ccncc3)CC(=O)N2c2cccc(OC)c2)c1. The molecule has 2 amide bonds. The zero-order valence-corrected chi connectivity index (χ0v) is 16.7. The second kappa shape index (κ2) is 7.87. The van der Waals surface area contributed by atoms with Crippen LogP contribution in [-0.4, -0.2) is 31.0 Å². The quantitative estimate of drug-likeness (QED) is 0.639. The van der Waals surface area contributed by atoms with Gasteiger partial charge in [0.25, 0.3) is 5.91 Å². The van der Waals surface area contributed by atoms with E-state index in [-0.39, 0.29) is 18.2 Å². The number of rotatable bonds is 6. The van der Waals surface area contributed by atoms with Gasteiger partial charge in [0.1, 0.15) is 11.5 Å². The number of pyridine rings is 1.